The van der Waals surface area contributed by atoms with Gasteiger partial charge in [0.25, 0.3) is 0 Å². The number of phenolic OH excluding ortho intramolecular Hbond substituents is 1. The number of nitrogens with one attached hydrogen (secondary N) is 1. The van der Waals surface area contributed by atoms with Crippen LogP contribution in [0.4, 0.5) is 0 Å². The first kappa shape index (κ1) is 13.5. The average molecular weight is 285 g/mol. The second-order valence-electron chi connectivity index (χ2n) is 4.55. The molecule has 0 saturated heterocycles. The van der Waals surface area contributed by atoms with Crippen LogP contribution in [0.3, 0.4) is 0 Å². The molecule has 0 spiro atoms. The van der Waals surface area contributed by atoms with Crippen molar-refractivity contribution >= 4 is 23.2 Å². The van der Waals surface area contributed by atoms with Crippen LogP contribution < -0.4 is 5.32 Å². The maximum atomic E-state index is 9.82. The van der Waals surface area contributed by atoms with E-state index in [2.05, 4.69) is 11.4 Å². The van der Waals surface area contributed by atoms with E-state index < -0.39 is 0 Å². The van der Waals surface area contributed by atoms with Crippen LogP contribution in [-0.2, 0) is 6.54 Å². The summed E-state index contributed by atoms with van der Waals surface area (Å²) < 4.78 is 0. The molecule has 2 unspecified atom stereocenters. The first-order valence-electron chi connectivity index (χ1n) is 5.91. The van der Waals surface area contributed by atoms with E-state index in [0.29, 0.717) is 17.1 Å². The van der Waals surface area contributed by atoms with Crippen LogP contribution in [-0.4, -0.2) is 11.1 Å². The Morgan fingerprint density at radius 2 is 2.17 bits per heavy atom. The molecule has 0 bridgehead atoms. The summed E-state index contributed by atoms with van der Waals surface area (Å²) in [5, 5.41) is 22.9. The Labute approximate surface area is 116 Å². The van der Waals surface area contributed by atoms with Crippen molar-refractivity contribution in [2.45, 2.75) is 31.8 Å². The quantitative estimate of drug-likeness (QED) is 0.894. The molecule has 0 aliphatic heterocycles. The lowest BCUT2D eigenvalue weighted by Gasteiger charge is -2.16. The van der Waals surface area contributed by atoms with Crippen LogP contribution in [0.5, 0.6) is 5.75 Å². The SMILES string of the molecule is N#CC1CCCC1NCc1cc(Cl)cc(Cl)c1O. The topological polar surface area (TPSA) is 56.0 Å². The van der Waals surface area contributed by atoms with E-state index in [1.54, 1.807) is 6.07 Å². The van der Waals surface area contributed by atoms with Crippen molar-refractivity contribution in [3.8, 4) is 11.8 Å². The van der Waals surface area contributed by atoms with Crippen molar-refractivity contribution in [3.05, 3.63) is 27.7 Å². The van der Waals surface area contributed by atoms with Crippen molar-refractivity contribution in [1.29, 1.82) is 5.26 Å². The third-order valence-corrected chi connectivity index (χ3v) is 3.85. The minimum atomic E-state index is 0.0556. The lowest BCUT2D eigenvalue weighted by atomic mass is 10.1. The molecule has 5 heteroatoms. The number of aromatic hydroxyl groups is 1. The van der Waals surface area contributed by atoms with Gasteiger partial charge >= 0.3 is 0 Å². The standard InChI is InChI=1S/C13H14Cl2N2O/c14-10-4-9(13(18)11(15)5-10)7-17-12-3-1-2-8(12)6-16/h4-5,8,12,17-18H,1-3,7H2. The second-order valence-corrected chi connectivity index (χ2v) is 5.39. The summed E-state index contributed by atoms with van der Waals surface area (Å²) >= 11 is 11.8. The van der Waals surface area contributed by atoms with Crippen LogP contribution in [0, 0.1) is 17.2 Å². The number of halogens is 2. The zero-order chi connectivity index (χ0) is 13.1. The number of rotatable bonds is 3. The van der Waals surface area contributed by atoms with Crippen molar-refractivity contribution in [3.63, 3.8) is 0 Å². The van der Waals surface area contributed by atoms with Gasteiger partial charge in [-0.05, 0) is 25.0 Å². The van der Waals surface area contributed by atoms with Crippen LogP contribution in [0.2, 0.25) is 10.0 Å². The fraction of sp³-hybridized carbons (Fsp3) is 0.462. The molecule has 1 fully saturated rings. The minimum absolute atomic E-state index is 0.0556. The van der Waals surface area contributed by atoms with Crippen LogP contribution in [0.15, 0.2) is 12.1 Å². The first-order valence-corrected chi connectivity index (χ1v) is 6.67. The Morgan fingerprint density at radius 1 is 1.39 bits per heavy atom. The lowest BCUT2D eigenvalue weighted by Crippen LogP contribution is -2.31. The first-order chi connectivity index (χ1) is 8.61. The molecule has 0 amide bonds. The maximum Gasteiger partial charge on any atom is 0.138 e. The highest BCUT2D eigenvalue weighted by molar-refractivity contribution is 6.35. The Morgan fingerprint density at radius 3 is 2.89 bits per heavy atom. The third kappa shape index (κ3) is 2.89. The number of hydrogen-bond donors (Lipinski definition) is 2. The highest BCUT2D eigenvalue weighted by atomic mass is 35.5. The summed E-state index contributed by atoms with van der Waals surface area (Å²) in [5.74, 6) is 0.113. The second kappa shape index (κ2) is 5.79. The zero-order valence-electron chi connectivity index (χ0n) is 9.79. The molecule has 18 heavy (non-hydrogen) atoms. The van der Waals surface area contributed by atoms with Crippen molar-refractivity contribution < 1.29 is 5.11 Å². The van der Waals surface area contributed by atoms with Gasteiger partial charge in [-0.2, -0.15) is 5.26 Å². The molecule has 2 rings (SSSR count). The van der Waals surface area contributed by atoms with Crippen LogP contribution in [0.25, 0.3) is 0 Å². The molecule has 0 radical (unpaired) electrons. The Bertz CT molecular complexity index is 485. The van der Waals surface area contributed by atoms with E-state index in [-0.39, 0.29) is 22.7 Å². The minimum Gasteiger partial charge on any atom is -0.506 e. The van der Waals surface area contributed by atoms with Gasteiger partial charge in [-0.1, -0.05) is 29.6 Å². The smallest absolute Gasteiger partial charge is 0.138 e. The molecule has 3 nitrogen and oxygen atoms in total. The average Bonchev–Trinajstić information content (AvgIpc) is 2.79. The van der Waals surface area contributed by atoms with Gasteiger partial charge in [0.15, 0.2) is 0 Å². The van der Waals surface area contributed by atoms with E-state index in [9.17, 15) is 5.11 Å². The molecule has 1 aromatic rings. The van der Waals surface area contributed by atoms with Gasteiger partial charge in [0.1, 0.15) is 5.75 Å². The highest BCUT2D eigenvalue weighted by Gasteiger charge is 2.26. The number of nitrogens with zero attached hydrogens (tertiary/aromatic N) is 1. The van der Waals surface area contributed by atoms with E-state index in [1.807, 2.05) is 0 Å². The molecular weight excluding hydrogens is 271 g/mol. The summed E-state index contributed by atoms with van der Waals surface area (Å²) in [5.41, 5.74) is 0.663. The van der Waals surface area contributed by atoms with Crippen molar-refractivity contribution in [2.24, 2.45) is 5.92 Å². The largest absolute Gasteiger partial charge is 0.506 e. The van der Waals surface area contributed by atoms with Crippen LogP contribution >= 0.6 is 23.2 Å². The molecule has 1 aliphatic rings. The summed E-state index contributed by atoms with van der Waals surface area (Å²) in [6.45, 7) is 0.467. The normalized spacial score (nSPS) is 22.9. The van der Waals surface area contributed by atoms with Gasteiger partial charge in [0.2, 0.25) is 0 Å². The van der Waals surface area contributed by atoms with Gasteiger partial charge in [0, 0.05) is 23.2 Å². The summed E-state index contributed by atoms with van der Waals surface area (Å²) in [6.07, 6.45) is 3.00. The Hall–Kier alpha value is -0.950. The van der Waals surface area contributed by atoms with E-state index in [1.165, 1.54) is 6.07 Å². The molecule has 2 N–H and O–H groups in total. The maximum absolute atomic E-state index is 9.82. The number of hydrogen-bond acceptors (Lipinski definition) is 3. The molecule has 1 aliphatic carbocycles. The predicted molar refractivity (Wildman–Crippen MR) is 71.7 cm³/mol. The molecular formula is C13H14Cl2N2O. The molecule has 0 aromatic heterocycles. The van der Waals surface area contributed by atoms with E-state index >= 15 is 0 Å². The molecule has 2 atom stereocenters. The Kier molecular flexibility index (Phi) is 4.34. The molecule has 96 valence electrons. The molecule has 0 heterocycles. The van der Waals surface area contributed by atoms with Crippen LogP contribution in [0.1, 0.15) is 24.8 Å². The Balaban J connectivity index is 2.04. The predicted octanol–water partition coefficient (Wildman–Crippen LogP) is 3.48. The zero-order valence-corrected chi connectivity index (χ0v) is 11.3. The monoisotopic (exact) mass is 284 g/mol. The van der Waals surface area contributed by atoms with Gasteiger partial charge in [-0.15, -0.1) is 0 Å². The van der Waals surface area contributed by atoms with Gasteiger partial charge in [-0.25, -0.2) is 0 Å². The van der Waals surface area contributed by atoms with Crippen molar-refractivity contribution in [1.82, 2.24) is 5.32 Å². The van der Waals surface area contributed by atoms with Gasteiger partial charge < -0.3 is 10.4 Å². The number of nitriles is 1. The third-order valence-electron chi connectivity index (χ3n) is 3.34. The van der Waals surface area contributed by atoms with Gasteiger partial charge in [0.05, 0.1) is 17.0 Å². The fourth-order valence-corrected chi connectivity index (χ4v) is 2.89. The summed E-state index contributed by atoms with van der Waals surface area (Å²) in [7, 11) is 0. The molecule has 1 aromatic carbocycles. The fourth-order valence-electron chi connectivity index (χ4n) is 2.35. The van der Waals surface area contributed by atoms with E-state index in [0.717, 1.165) is 19.3 Å². The van der Waals surface area contributed by atoms with Crippen molar-refractivity contribution in [2.75, 3.05) is 0 Å². The number of phenols is 1. The number of benzene rings is 1. The lowest BCUT2D eigenvalue weighted by molar-refractivity contribution is 0.440. The molecule has 1 saturated carbocycles. The van der Waals surface area contributed by atoms with E-state index in [4.69, 9.17) is 28.5 Å². The summed E-state index contributed by atoms with van der Waals surface area (Å²) in [4.78, 5) is 0. The van der Waals surface area contributed by atoms with Gasteiger partial charge in [-0.3, -0.25) is 0 Å². The summed E-state index contributed by atoms with van der Waals surface area (Å²) in [6, 6.07) is 5.69. The highest BCUT2D eigenvalue weighted by Crippen LogP contribution is 2.32.